The summed E-state index contributed by atoms with van der Waals surface area (Å²) in [6.07, 6.45) is -1.85. The first kappa shape index (κ1) is 21.8. The first-order valence-corrected chi connectivity index (χ1v) is 9.09. The van der Waals surface area contributed by atoms with Crippen molar-refractivity contribution in [1.82, 2.24) is 10.2 Å². The lowest BCUT2D eigenvalue weighted by Gasteiger charge is -2.32. The highest BCUT2D eigenvalue weighted by Gasteiger charge is 2.31. The van der Waals surface area contributed by atoms with Gasteiger partial charge in [-0.1, -0.05) is 0 Å². The van der Waals surface area contributed by atoms with Crippen molar-refractivity contribution in [2.75, 3.05) is 25.0 Å². The summed E-state index contributed by atoms with van der Waals surface area (Å²) < 4.78 is 40.2. The molecule has 0 aromatic heterocycles. The molecule has 0 bridgehead atoms. The molecule has 1 aromatic rings. The summed E-state index contributed by atoms with van der Waals surface area (Å²) in [5.41, 5.74) is 0.337. The number of carbonyl (C=O) groups excluding carboxylic acids is 2. The number of likely N-dealkylation sites (tertiary alicyclic amines) is 1. The second kappa shape index (κ2) is 10.2. The maximum absolute atomic E-state index is 12.1. The molecule has 0 aliphatic carbocycles. The number of ether oxygens (including phenoxy) is 1. The third-order valence-corrected chi connectivity index (χ3v) is 4.33. The summed E-state index contributed by atoms with van der Waals surface area (Å²) in [5.74, 6) is -0.313. The summed E-state index contributed by atoms with van der Waals surface area (Å²) in [7, 11) is 0. The molecule has 0 spiro atoms. The Kier molecular flexibility index (Phi) is 7.91. The van der Waals surface area contributed by atoms with Gasteiger partial charge in [-0.15, -0.1) is 13.2 Å². The van der Waals surface area contributed by atoms with Crippen molar-refractivity contribution in [2.45, 2.75) is 44.5 Å². The quantitative estimate of drug-likeness (QED) is 0.611. The lowest BCUT2D eigenvalue weighted by Crippen LogP contribution is -2.47. The van der Waals surface area contributed by atoms with E-state index in [1.165, 1.54) is 12.1 Å². The number of aliphatic hydroxyl groups excluding tert-OH is 1. The molecule has 3 amide bonds. The van der Waals surface area contributed by atoms with Crippen molar-refractivity contribution < 1.29 is 32.6 Å². The number of unbranched alkanes of at least 4 members (excludes halogenated alkanes) is 1. The van der Waals surface area contributed by atoms with Crippen LogP contribution in [-0.4, -0.2) is 54.0 Å². The summed E-state index contributed by atoms with van der Waals surface area (Å²) in [6, 6.07) is 4.31. The highest BCUT2D eigenvalue weighted by atomic mass is 19.4. The first-order valence-electron chi connectivity index (χ1n) is 9.09. The van der Waals surface area contributed by atoms with Gasteiger partial charge in [-0.2, -0.15) is 0 Å². The minimum atomic E-state index is -4.76. The third kappa shape index (κ3) is 7.63. The molecule has 28 heavy (non-hydrogen) atoms. The molecule has 0 atom stereocenters. The third-order valence-electron chi connectivity index (χ3n) is 4.33. The van der Waals surface area contributed by atoms with Crippen LogP contribution in [0.3, 0.4) is 0 Å². The number of nitrogens with one attached hydrogen (secondary N) is 2. The molecule has 0 radical (unpaired) electrons. The molecule has 156 valence electrons. The number of anilines is 1. The minimum absolute atomic E-state index is 0.0533. The number of carbonyl (C=O) groups is 2. The van der Waals surface area contributed by atoms with Crippen LogP contribution < -0.4 is 15.4 Å². The molecule has 1 aliphatic heterocycles. The van der Waals surface area contributed by atoms with Gasteiger partial charge >= 0.3 is 12.4 Å². The van der Waals surface area contributed by atoms with Crippen LogP contribution in [0.1, 0.15) is 32.1 Å². The average Bonchev–Trinajstić information content (AvgIpc) is 2.63. The van der Waals surface area contributed by atoms with Gasteiger partial charge in [0.05, 0.1) is 0 Å². The number of hydrogen-bond donors (Lipinski definition) is 3. The Bertz CT molecular complexity index is 644. The predicted molar refractivity (Wildman–Crippen MR) is 95.8 cm³/mol. The van der Waals surface area contributed by atoms with Gasteiger partial charge in [0.15, 0.2) is 0 Å². The molecule has 1 saturated heterocycles. The highest BCUT2D eigenvalue weighted by molar-refractivity contribution is 5.89. The molecule has 3 N–H and O–H groups in total. The zero-order valence-corrected chi connectivity index (χ0v) is 15.3. The maximum atomic E-state index is 12.1. The summed E-state index contributed by atoms with van der Waals surface area (Å²) in [4.78, 5) is 25.8. The molecule has 1 fully saturated rings. The van der Waals surface area contributed by atoms with Crippen molar-refractivity contribution in [3.63, 3.8) is 0 Å². The van der Waals surface area contributed by atoms with Crippen molar-refractivity contribution >= 4 is 17.6 Å². The van der Waals surface area contributed by atoms with E-state index >= 15 is 0 Å². The topological polar surface area (TPSA) is 90.9 Å². The van der Waals surface area contributed by atoms with Gasteiger partial charge in [-0.3, -0.25) is 4.79 Å². The number of amides is 3. The zero-order chi connectivity index (χ0) is 20.6. The van der Waals surface area contributed by atoms with Gasteiger partial charge in [-0.25, -0.2) is 4.79 Å². The van der Waals surface area contributed by atoms with Crippen LogP contribution in [0.2, 0.25) is 0 Å². The van der Waals surface area contributed by atoms with E-state index in [9.17, 15) is 22.8 Å². The molecule has 0 unspecified atom stereocenters. The lowest BCUT2D eigenvalue weighted by molar-refractivity contribution is -0.274. The number of aliphatic hydroxyl groups is 1. The van der Waals surface area contributed by atoms with E-state index in [1.807, 2.05) is 0 Å². The van der Waals surface area contributed by atoms with E-state index in [4.69, 9.17) is 5.11 Å². The van der Waals surface area contributed by atoms with Crippen LogP contribution >= 0.6 is 0 Å². The van der Waals surface area contributed by atoms with Crippen LogP contribution in [0.4, 0.5) is 23.7 Å². The van der Waals surface area contributed by atoms with Crippen molar-refractivity contribution in [3.8, 4) is 5.75 Å². The largest absolute Gasteiger partial charge is 0.573 e. The summed E-state index contributed by atoms with van der Waals surface area (Å²) in [6.45, 7) is 1.17. The van der Waals surface area contributed by atoms with E-state index in [2.05, 4.69) is 15.4 Å². The fourth-order valence-corrected chi connectivity index (χ4v) is 2.91. The number of halogens is 3. The van der Waals surface area contributed by atoms with Gasteiger partial charge in [-0.05, 0) is 49.9 Å². The number of urea groups is 1. The number of benzene rings is 1. The summed E-state index contributed by atoms with van der Waals surface area (Å²) >= 11 is 0. The van der Waals surface area contributed by atoms with Crippen LogP contribution in [0.25, 0.3) is 0 Å². The Hall–Kier alpha value is -2.49. The van der Waals surface area contributed by atoms with Gasteiger partial charge < -0.3 is 25.4 Å². The molecule has 7 nitrogen and oxygen atoms in total. The Balaban J connectivity index is 1.72. The highest BCUT2D eigenvalue weighted by Crippen LogP contribution is 2.24. The van der Waals surface area contributed by atoms with Crippen LogP contribution in [0.15, 0.2) is 24.3 Å². The van der Waals surface area contributed by atoms with E-state index in [1.54, 1.807) is 4.90 Å². The van der Waals surface area contributed by atoms with Gasteiger partial charge in [0, 0.05) is 37.8 Å². The second-order valence-corrected chi connectivity index (χ2v) is 6.51. The van der Waals surface area contributed by atoms with E-state index in [0.717, 1.165) is 12.1 Å². The minimum Gasteiger partial charge on any atom is -0.406 e. The van der Waals surface area contributed by atoms with Crippen molar-refractivity contribution in [2.24, 2.45) is 0 Å². The Labute approximate surface area is 160 Å². The number of nitrogens with zero attached hydrogens (tertiary/aromatic N) is 1. The van der Waals surface area contributed by atoms with Crippen molar-refractivity contribution in [1.29, 1.82) is 0 Å². The SMILES string of the molecule is O=C(Nc1ccc(OC(F)(F)F)cc1)NC1CCN(C(=O)CCCCO)CC1. The molecule has 2 rings (SSSR count). The smallest absolute Gasteiger partial charge is 0.406 e. The molecule has 1 aromatic carbocycles. The average molecular weight is 403 g/mol. The van der Waals surface area contributed by atoms with Crippen LogP contribution in [0, 0.1) is 0 Å². The number of rotatable bonds is 7. The molecule has 10 heteroatoms. The van der Waals surface area contributed by atoms with Gasteiger partial charge in [0.1, 0.15) is 5.75 Å². The maximum Gasteiger partial charge on any atom is 0.573 e. The molecular weight excluding hydrogens is 379 g/mol. The fraction of sp³-hybridized carbons (Fsp3) is 0.556. The normalized spacial score (nSPS) is 15.2. The predicted octanol–water partition coefficient (Wildman–Crippen LogP) is 2.86. The monoisotopic (exact) mass is 403 g/mol. The van der Waals surface area contributed by atoms with E-state index in [-0.39, 0.29) is 24.3 Å². The lowest BCUT2D eigenvalue weighted by atomic mass is 10.0. The van der Waals surface area contributed by atoms with Crippen LogP contribution in [0.5, 0.6) is 5.75 Å². The molecule has 0 saturated carbocycles. The Morgan fingerprint density at radius 3 is 2.36 bits per heavy atom. The Morgan fingerprint density at radius 2 is 1.79 bits per heavy atom. The van der Waals surface area contributed by atoms with E-state index < -0.39 is 12.4 Å². The number of hydrogen-bond acceptors (Lipinski definition) is 4. The standard InChI is InChI=1S/C18H24F3N3O4/c19-18(20,21)28-15-6-4-13(5-7-15)22-17(27)23-14-8-10-24(11-9-14)16(26)3-1-2-12-25/h4-7,14,25H,1-3,8-12H2,(H2,22,23,27). The summed E-state index contributed by atoms with van der Waals surface area (Å²) in [5, 5.41) is 14.1. The number of alkyl halides is 3. The molecule has 1 heterocycles. The van der Waals surface area contributed by atoms with E-state index in [0.29, 0.717) is 50.9 Å². The fourth-order valence-electron chi connectivity index (χ4n) is 2.91. The Morgan fingerprint density at radius 1 is 1.14 bits per heavy atom. The molecule has 1 aliphatic rings. The first-order chi connectivity index (χ1) is 13.3. The van der Waals surface area contributed by atoms with Gasteiger partial charge in [0.2, 0.25) is 5.91 Å². The molecular formula is C18H24F3N3O4. The second-order valence-electron chi connectivity index (χ2n) is 6.51. The van der Waals surface area contributed by atoms with Gasteiger partial charge in [0.25, 0.3) is 0 Å². The van der Waals surface area contributed by atoms with Crippen molar-refractivity contribution in [3.05, 3.63) is 24.3 Å². The zero-order valence-electron chi connectivity index (χ0n) is 15.3. The number of piperidine rings is 1. The van der Waals surface area contributed by atoms with Crippen LogP contribution in [-0.2, 0) is 4.79 Å².